The summed E-state index contributed by atoms with van der Waals surface area (Å²) in [6.07, 6.45) is 2.17. The van der Waals surface area contributed by atoms with Gasteiger partial charge in [-0.2, -0.15) is 9.67 Å². The van der Waals surface area contributed by atoms with Gasteiger partial charge in [0.1, 0.15) is 28.8 Å². The summed E-state index contributed by atoms with van der Waals surface area (Å²) in [6.45, 7) is 2.36. The molecule has 10 heteroatoms. The fourth-order valence-corrected chi connectivity index (χ4v) is 4.10. The Morgan fingerprint density at radius 1 is 0.780 bits per heavy atom. The van der Waals surface area contributed by atoms with E-state index >= 15 is 0 Å². The van der Waals surface area contributed by atoms with E-state index in [1.807, 2.05) is 67.6 Å². The molecule has 0 saturated heterocycles. The van der Waals surface area contributed by atoms with Crippen molar-refractivity contribution < 1.29 is 14.2 Å². The molecule has 3 aromatic heterocycles. The molecule has 0 spiro atoms. The van der Waals surface area contributed by atoms with E-state index in [0.717, 1.165) is 16.9 Å². The number of hydrogen-bond donors (Lipinski definition) is 1. The summed E-state index contributed by atoms with van der Waals surface area (Å²) in [5, 5.41) is 8.09. The smallest absolute Gasteiger partial charge is 0.243 e. The van der Waals surface area contributed by atoms with Gasteiger partial charge in [-0.05, 0) is 66.3 Å². The lowest BCUT2D eigenvalue weighted by molar-refractivity contribution is 0.354. The summed E-state index contributed by atoms with van der Waals surface area (Å²) in [6, 6.07) is 21.0. The molecule has 0 saturated carbocycles. The van der Waals surface area contributed by atoms with Crippen molar-refractivity contribution in [1.29, 1.82) is 0 Å². The minimum atomic E-state index is 0.466. The predicted octanol–water partition coefficient (Wildman–Crippen LogP) is 4.39. The summed E-state index contributed by atoms with van der Waals surface area (Å²) < 4.78 is 17.9. The number of anilines is 1. The van der Waals surface area contributed by atoms with Crippen molar-refractivity contribution in [3.8, 4) is 34.9 Å². The van der Waals surface area contributed by atoms with Crippen molar-refractivity contribution in [1.82, 2.24) is 29.7 Å². The first-order valence-electron chi connectivity index (χ1n) is 12.9. The molecule has 0 bridgehead atoms. The molecule has 2 aromatic carbocycles. The third-order valence-corrected chi connectivity index (χ3v) is 6.12. The Labute approximate surface area is 238 Å². The van der Waals surface area contributed by atoms with E-state index in [0.29, 0.717) is 59.3 Å². The van der Waals surface area contributed by atoms with E-state index in [9.17, 15) is 0 Å². The largest absolute Gasteiger partial charge is 0.497 e. The van der Waals surface area contributed by atoms with Gasteiger partial charge in [-0.25, -0.2) is 15.0 Å². The average Bonchev–Trinajstić information content (AvgIpc) is 3.42. The van der Waals surface area contributed by atoms with Crippen molar-refractivity contribution in [2.45, 2.75) is 19.9 Å². The third-order valence-electron chi connectivity index (χ3n) is 6.12. The molecule has 3 heterocycles. The zero-order valence-electron chi connectivity index (χ0n) is 23.3. The van der Waals surface area contributed by atoms with Crippen LogP contribution in [-0.2, 0) is 13.0 Å². The van der Waals surface area contributed by atoms with E-state index in [2.05, 4.69) is 32.1 Å². The number of pyridine rings is 1. The lowest BCUT2D eigenvalue weighted by atomic mass is 10.1. The summed E-state index contributed by atoms with van der Waals surface area (Å²) in [4.78, 5) is 18.2. The molecule has 0 unspecified atom stereocenters. The van der Waals surface area contributed by atoms with Crippen LogP contribution in [0.3, 0.4) is 0 Å². The van der Waals surface area contributed by atoms with E-state index in [4.69, 9.17) is 24.3 Å². The third kappa shape index (κ3) is 6.78. The fourth-order valence-electron chi connectivity index (χ4n) is 4.10. The molecule has 5 aromatic rings. The van der Waals surface area contributed by atoms with Crippen molar-refractivity contribution in [2.24, 2.45) is 0 Å². The van der Waals surface area contributed by atoms with Gasteiger partial charge in [0.2, 0.25) is 5.95 Å². The van der Waals surface area contributed by atoms with Crippen LogP contribution in [-0.4, -0.2) is 51.0 Å². The normalized spacial score (nSPS) is 10.4. The fraction of sp³-hybridized carbons (Fsp3) is 0.194. The molecule has 0 fully saturated rings. The van der Waals surface area contributed by atoms with E-state index < -0.39 is 0 Å². The lowest BCUT2D eigenvalue weighted by Crippen LogP contribution is -2.09. The van der Waals surface area contributed by atoms with Gasteiger partial charge in [0.15, 0.2) is 17.3 Å². The van der Waals surface area contributed by atoms with Crippen LogP contribution < -0.4 is 19.5 Å². The minimum absolute atomic E-state index is 0.466. The van der Waals surface area contributed by atoms with Gasteiger partial charge in [0.05, 0.1) is 21.3 Å². The van der Waals surface area contributed by atoms with Gasteiger partial charge in [-0.15, -0.1) is 5.10 Å². The van der Waals surface area contributed by atoms with Gasteiger partial charge >= 0.3 is 0 Å². The number of aryl methyl sites for hydroxylation is 1. The first-order valence-corrected chi connectivity index (χ1v) is 12.9. The van der Waals surface area contributed by atoms with Crippen LogP contribution >= 0.6 is 0 Å². The quantitative estimate of drug-likeness (QED) is 0.269. The van der Waals surface area contributed by atoms with Crippen LogP contribution in [0.25, 0.3) is 5.82 Å². The van der Waals surface area contributed by atoms with Crippen molar-refractivity contribution >= 4 is 5.95 Å². The van der Waals surface area contributed by atoms with Gasteiger partial charge in [-0.1, -0.05) is 24.3 Å². The number of aromatic nitrogens is 6. The molecule has 0 aliphatic heterocycles. The number of methoxy groups -OCH3 is 3. The molecule has 0 aliphatic carbocycles. The van der Waals surface area contributed by atoms with Gasteiger partial charge in [0.25, 0.3) is 0 Å². The number of benzene rings is 2. The maximum absolute atomic E-state index is 5.50. The van der Waals surface area contributed by atoms with Gasteiger partial charge in [-0.3, -0.25) is 0 Å². The lowest BCUT2D eigenvalue weighted by Gasteiger charge is -2.10. The Hall–Kier alpha value is -5.43. The molecule has 0 radical (unpaired) electrons. The van der Waals surface area contributed by atoms with Crippen LogP contribution in [0.4, 0.5) is 5.95 Å². The zero-order chi connectivity index (χ0) is 28.6. The molecule has 206 valence electrons. The van der Waals surface area contributed by atoms with Crippen LogP contribution in [0.2, 0.25) is 0 Å². The Bertz CT molecular complexity index is 1690. The SMILES string of the molecule is COc1ccc(CNc2nc(Cc3ccc(OC)c(OC)c3)n(-c3cc(C#Cc4ccccn4)nc(C)n3)n2)cc1. The van der Waals surface area contributed by atoms with Crippen LogP contribution in [0.15, 0.2) is 72.9 Å². The maximum Gasteiger partial charge on any atom is 0.243 e. The van der Waals surface area contributed by atoms with Crippen molar-refractivity contribution in [2.75, 3.05) is 26.6 Å². The second kappa shape index (κ2) is 12.6. The Morgan fingerprint density at radius 2 is 1.56 bits per heavy atom. The van der Waals surface area contributed by atoms with E-state index in [1.165, 1.54) is 0 Å². The highest BCUT2D eigenvalue weighted by molar-refractivity contribution is 5.45. The van der Waals surface area contributed by atoms with Gasteiger partial charge in [0, 0.05) is 25.2 Å². The number of ether oxygens (including phenoxy) is 3. The van der Waals surface area contributed by atoms with Crippen LogP contribution in [0.5, 0.6) is 17.2 Å². The highest BCUT2D eigenvalue weighted by Gasteiger charge is 2.16. The molecular formula is C31H29N7O3. The van der Waals surface area contributed by atoms with E-state index in [1.54, 1.807) is 38.3 Å². The topological polar surface area (TPSA) is 109 Å². The summed E-state index contributed by atoms with van der Waals surface area (Å²) in [5.41, 5.74) is 3.25. The Morgan fingerprint density at radius 3 is 2.29 bits per heavy atom. The minimum Gasteiger partial charge on any atom is -0.497 e. The molecular weight excluding hydrogens is 518 g/mol. The molecule has 0 atom stereocenters. The first-order chi connectivity index (χ1) is 20.0. The van der Waals surface area contributed by atoms with Gasteiger partial charge < -0.3 is 19.5 Å². The summed E-state index contributed by atoms with van der Waals surface area (Å²) in [7, 11) is 4.87. The molecule has 41 heavy (non-hydrogen) atoms. The molecule has 1 N–H and O–H groups in total. The number of nitrogens with zero attached hydrogens (tertiary/aromatic N) is 6. The predicted molar refractivity (Wildman–Crippen MR) is 155 cm³/mol. The monoisotopic (exact) mass is 547 g/mol. The second-order valence-corrected chi connectivity index (χ2v) is 8.95. The number of nitrogens with one attached hydrogen (secondary N) is 1. The average molecular weight is 548 g/mol. The highest BCUT2D eigenvalue weighted by atomic mass is 16.5. The number of hydrogen-bond acceptors (Lipinski definition) is 9. The van der Waals surface area contributed by atoms with Crippen LogP contribution in [0.1, 0.15) is 34.2 Å². The number of rotatable bonds is 9. The van der Waals surface area contributed by atoms with Crippen LogP contribution in [0, 0.1) is 18.8 Å². The Balaban J connectivity index is 1.49. The van der Waals surface area contributed by atoms with Crippen molar-refractivity contribution in [3.05, 3.63) is 107 Å². The maximum atomic E-state index is 5.50. The Kier molecular flexibility index (Phi) is 8.35. The molecule has 10 nitrogen and oxygen atoms in total. The highest BCUT2D eigenvalue weighted by Crippen LogP contribution is 2.28. The standard InChI is InChI=1S/C31H29N7O3/c1-21-34-25(12-11-24-7-5-6-16-32-24)19-30(35-21)38-29(18-23-10-15-27(40-3)28(17-23)41-4)36-31(37-38)33-20-22-8-13-26(39-2)14-9-22/h5-10,13-17,19H,18,20H2,1-4H3,(H,33,37). The molecule has 0 aliphatic rings. The summed E-state index contributed by atoms with van der Waals surface area (Å²) in [5.74, 6) is 10.5. The molecule has 5 rings (SSSR count). The molecule has 0 amide bonds. The first kappa shape index (κ1) is 27.1. The van der Waals surface area contributed by atoms with E-state index in [-0.39, 0.29) is 0 Å². The van der Waals surface area contributed by atoms with Crippen molar-refractivity contribution in [3.63, 3.8) is 0 Å². The zero-order valence-corrected chi connectivity index (χ0v) is 23.3. The second-order valence-electron chi connectivity index (χ2n) is 8.95. The summed E-state index contributed by atoms with van der Waals surface area (Å²) >= 11 is 0.